The molecule has 1 rings (SSSR count). The fourth-order valence-corrected chi connectivity index (χ4v) is 1.12. The van der Waals surface area contributed by atoms with E-state index in [0.29, 0.717) is 17.2 Å². The van der Waals surface area contributed by atoms with Gasteiger partial charge in [-0.05, 0) is 18.5 Å². The molecule has 5 heteroatoms. The highest BCUT2D eigenvalue weighted by molar-refractivity contribution is 7.10. The van der Waals surface area contributed by atoms with Gasteiger partial charge in [-0.2, -0.15) is 4.37 Å². The first-order valence-electron chi connectivity index (χ1n) is 3.13. The van der Waals surface area contributed by atoms with Crippen molar-refractivity contribution in [2.75, 3.05) is 12.3 Å². The Morgan fingerprint density at radius 2 is 2.64 bits per heavy atom. The SMILES string of the molecule is CCOC(=O)c1cnsc1N. The molecule has 60 valence electrons. The lowest BCUT2D eigenvalue weighted by atomic mass is 10.3. The van der Waals surface area contributed by atoms with Gasteiger partial charge in [0.2, 0.25) is 0 Å². The number of nitrogens with two attached hydrogens (primary N) is 1. The maximum atomic E-state index is 11.0. The van der Waals surface area contributed by atoms with Crippen LogP contribution in [0.4, 0.5) is 5.00 Å². The van der Waals surface area contributed by atoms with Gasteiger partial charge in [-0.25, -0.2) is 4.79 Å². The van der Waals surface area contributed by atoms with Gasteiger partial charge in [-0.3, -0.25) is 0 Å². The van der Waals surface area contributed by atoms with Crippen LogP contribution in [0, 0.1) is 0 Å². The highest BCUT2D eigenvalue weighted by Crippen LogP contribution is 2.16. The van der Waals surface area contributed by atoms with Gasteiger partial charge in [0.05, 0.1) is 12.8 Å². The molecule has 0 saturated carbocycles. The van der Waals surface area contributed by atoms with E-state index in [1.165, 1.54) is 6.20 Å². The summed E-state index contributed by atoms with van der Waals surface area (Å²) in [6.45, 7) is 2.10. The van der Waals surface area contributed by atoms with Crippen LogP contribution in [0.2, 0.25) is 0 Å². The van der Waals surface area contributed by atoms with Crippen molar-refractivity contribution < 1.29 is 9.53 Å². The van der Waals surface area contributed by atoms with Crippen LogP contribution >= 0.6 is 11.5 Å². The fraction of sp³-hybridized carbons (Fsp3) is 0.333. The van der Waals surface area contributed by atoms with Crippen molar-refractivity contribution in [1.82, 2.24) is 4.37 Å². The first-order valence-corrected chi connectivity index (χ1v) is 3.90. The van der Waals surface area contributed by atoms with Crippen molar-refractivity contribution in [3.05, 3.63) is 11.8 Å². The third-order valence-corrected chi connectivity index (χ3v) is 1.72. The van der Waals surface area contributed by atoms with Gasteiger partial charge < -0.3 is 10.5 Å². The lowest BCUT2D eigenvalue weighted by Gasteiger charge is -1.97. The number of nitrogens with zero attached hydrogens (tertiary/aromatic N) is 1. The van der Waals surface area contributed by atoms with Gasteiger partial charge in [-0.1, -0.05) is 0 Å². The predicted octanol–water partition coefficient (Wildman–Crippen LogP) is 0.902. The van der Waals surface area contributed by atoms with Crippen molar-refractivity contribution in [1.29, 1.82) is 0 Å². The Kier molecular flexibility index (Phi) is 2.43. The minimum absolute atomic E-state index is 0.355. The predicted molar refractivity (Wildman–Crippen MR) is 42.5 cm³/mol. The zero-order valence-electron chi connectivity index (χ0n) is 6.03. The van der Waals surface area contributed by atoms with Crippen LogP contribution in [0.1, 0.15) is 17.3 Å². The molecule has 0 unspecified atom stereocenters. The zero-order valence-corrected chi connectivity index (χ0v) is 6.85. The van der Waals surface area contributed by atoms with Crippen molar-refractivity contribution in [2.45, 2.75) is 6.92 Å². The van der Waals surface area contributed by atoms with Crippen LogP contribution in [-0.4, -0.2) is 16.9 Å². The summed E-state index contributed by atoms with van der Waals surface area (Å²) in [5, 5.41) is 0.406. The second-order valence-corrected chi connectivity index (χ2v) is 2.66. The van der Waals surface area contributed by atoms with Crippen molar-refractivity contribution in [2.24, 2.45) is 0 Å². The van der Waals surface area contributed by atoms with Gasteiger partial charge in [0.1, 0.15) is 10.6 Å². The number of hydrogen-bond acceptors (Lipinski definition) is 5. The molecule has 0 radical (unpaired) electrons. The molecule has 0 aromatic carbocycles. The molecule has 11 heavy (non-hydrogen) atoms. The molecule has 1 aromatic rings. The van der Waals surface area contributed by atoms with Crippen molar-refractivity contribution in [3.8, 4) is 0 Å². The summed E-state index contributed by atoms with van der Waals surface area (Å²) in [6.07, 6.45) is 1.41. The van der Waals surface area contributed by atoms with Crippen LogP contribution in [0.25, 0.3) is 0 Å². The monoisotopic (exact) mass is 172 g/mol. The summed E-state index contributed by atoms with van der Waals surface area (Å²) in [5.41, 5.74) is 5.79. The maximum Gasteiger partial charge on any atom is 0.342 e. The Morgan fingerprint density at radius 3 is 3.09 bits per heavy atom. The summed E-state index contributed by atoms with van der Waals surface area (Å²) in [5.74, 6) is -0.404. The molecule has 0 aliphatic carbocycles. The number of carbonyl (C=O) groups excluding carboxylic acids is 1. The van der Waals surface area contributed by atoms with Crippen LogP contribution in [-0.2, 0) is 4.74 Å². The molecule has 4 nitrogen and oxygen atoms in total. The van der Waals surface area contributed by atoms with E-state index in [0.717, 1.165) is 11.5 Å². The van der Waals surface area contributed by atoms with Gasteiger partial charge >= 0.3 is 5.97 Å². The van der Waals surface area contributed by atoms with Gasteiger partial charge in [-0.15, -0.1) is 0 Å². The Morgan fingerprint density at radius 1 is 1.91 bits per heavy atom. The van der Waals surface area contributed by atoms with Crippen molar-refractivity contribution in [3.63, 3.8) is 0 Å². The molecular weight excluding hydrogens is 164 g/mol. The molecule has 0 atom stereocenters. The van der Waals surface area contributed by atoms with Crippen LogP contribution < -0.4 is 5.73 Å². The van der Waals surface area contributed by atoms with Crippen LogP contribution in [0.15, 0.2) is 6.20 Å². The molecule has 0 saturated heterocycles. The number of hydrogen-bond donors (Lipinski definition) is 1. The summed E-state index contributed by atoms with van der Waals surface area (Å²) < 4.78 is 8.46. The average molecular weight is 172 g/mol. The normalized spacial score (nSPS) is 9.55. The minimum Gasteiger partial charge on any atom is -0.462 e. The minimum atomic E-state index is -0.404. The standard InChI is InChI=1S/C6H8N2O2S/c1-2-10-6(9)4-3-8-11-5(4)7/h3H,2,7H2,1H3. The molecule has 0 spiro atoms. The number of aromatic nitrogens is 1. The van der Waals surface area contributed by atoms with E-state index in [1.54, 1.807) is 6.92 Å². The lowest BCUT2D eigenvalue weighted by molar-refractivity contribution is 0.0528. The first kappa shape index (κ1) is 8.00. The highest BCUT2D eigenvalue weighted by atomic mass is 32.1. The number of ether oxygens (including phenoxy) is 1. The third kappa shape index (κ3) is 1.68. The van der Waals surface area contributed by atoms with E-state index in [1.807, 2.05) is 0 Å². The van der Waals surface area contributed by atoms with E-state index < -0.39 is 5.97 Å². The lowest BCUT2D eigenvalue weighted by Crippen LogP contribution is -2.05. The van der Waals surface area contributed by atoms with Gasteiger partial charge in [0, 0.05) is 0 Å². The average Bonchev–Trinajstić information content (AvgIpc) is 2.36. The number of carbonyl (C=O) groups is 1. The molecule has 1 heterocycles. The summed E-state index contributed by atoms with van der Waals surface area (Å²) in [4.78, 5) is 11.0. The number of rotatable bonds is 2. The van der Waals surface area contributed by atoms with E-state index >= 15 is 0 Å². The molecule has 0 fully saturated rings. The van der Waals surface area contributed by atoms with E-state index in [2.05, 4.69) is 4.37 Å². The Labute approximate surface area is 68.1 Å². The second-order valence-electron chi connectivity index (χ2n) is 1.82. The molecule has 0 amide bonds. The Bertz CT molecular complexity index is 259. The first-order chi connectivity index (χ1) is 5.25. The largest absolute Gasteiger partial charge is 0.462 e. The molecule has 0 aliphatic heterocycles. The van der Waals surface area contributed by atoms with Gasteiger partial charge in [0.15, 0.2) is 0 Å². The summed E-state index contributed by atoms with van der Waals surface area (Å²) in [6, 6.07) is 0. The van der Waals surface area contributed by atoms with E-state index in [4.69, 9.17) is 10.5 Å². The van der Waals surface area contributed by atoms with E-state index in [-0.39, 0.29) is 0 Å². The molecule has 1 aromatic heterocycles. The fourth-order valence-electron chi connectivity index (χ4n) is 0.611. The molecule has 0 aliphatic rings. The molecule has 2 N–H and O–H groups in total. The van der Waals surface area contributed by atoms with Crippen molar-refractivity contribution >= 4 is 22.5 Å². The Balaban J connectivity index is 2.76. The van der Waals surface area contributed by atoms with Gasteiger partial charge in [0.25, 0.3) is 0 Å². The van der Waals surface area contributed by atoms with E-state index in [9.17, 15) is 4.79 Å². The topological polar surface area (TPSA) is 65.2 Å². The summed E-state index contributed by atoms with van der Waals surface area (Å²) in [7, 11) is 0. The maximum absolute atomic E-state index is 11.0. The molecular formula is C6H8N2O2S. The Hall–Kier alpha value is -1.10. The summed E-state index contributed by atoms with van der Waals surface area (Å²) >= 11 is 1.09. The van der Waals surface area contributed by atoms with Crippen LogP contribution in [0.3, 0.4) is 0 Å². The quantitative estimate of drug-likeness (QED) is 0.673. The van der Waals surface area contributed by atoms with Crippen LogP contribution in [0.5, 0.6) is 0 Å². The number of nitrogen functional groups attached to an aromatic ring is 1. The second kappa shape index (κ2) is 3.34. The number of esters is 1. The zero-order chi connectivity index (χ0) is 8.27. The molecule has 0 bridgehead atoms. The smallest absolute Gasteiger partial charge is 0.342 e. The third-order valence-electron chi connectivity index (χ3n) is 1.09. The highest BCUT2D eigenvalue weighted by Gasteiger charge is 2.11. The number of anilines is 1.